The van der Waals surface area contributed by atoms with Crippen LogP contribution in [0.4, 0.5) is 0 Å². The highest BCUT2D eigenvalue weighted by atomic mass is 16.6. The van der Waals surface area contributed by atoms with Crippen molar-refractivity contribution < 1.29 is 33.4 Å². The van der Waals surface area contributed by atoms with Gasteiger partial charge in [0, 0.05) is 29.4 Å². The zero-order chi connectivity index (χ0) is 22.1. The Morgan fingerprint density at radius 2 is 1.86 bits per heavy atom. The second-order valence-corrected chi connectivity index (χ2v) is 7.53. The molecule has 156 valence electrons. The normalized spacial score (nSPS) is 33.9. The summed E-state index contributed by atoms with van der Waals surface area (Å²) in [6.45, 7) is 17.6. The lowest BCUT2D eigenvalue weighted by molar-refractivity contribution is -0.198. The van der Waals surface area contributed by atoms with Gasteiger partial charge in [0.2, 0.25) is 0 Å². The van der Waals surface area contributed by atoms with Gasteiger partial charge in [0.15, 0.2) is 6.10 Å². The summed E-state index contributed by atoms with van der Waals surface area (Å²) in [5, 5.41) is 0. The van der Waals surface area contributed by atoms with Gasteiger partial charge in [0.05, 0.1) is 5.92 Å². The van der Waals surface area contributed by atoms with Crippen LogP contribution in [0, 0.1) is 17.3 Å². The van der Waals surface area contributed by atoms with Gasteiger partial charge in [-0.2, -0.15) is 0 Å². The van der Waals surface area contributed by atoms with Crippen molar-refractivity contribution in [1.82, 2.24) is 0 Å². The molecule has 1 saturated heterocycles. The summed E-state index contributed by atoms with van der Waals surface area (Å²) in [6, 6.07) is 0. The van der Waals surface area contributed by atoms with Gasteiger partial charge in [0.25, 0.3) is 0 Å². The summed E-state index contributed by atoms with van der Waals surface area (Å²) in [6.07, 6.45) is 0.752. The summed E-state index contributed by atoms with van der Waals surface area (Å²) in [5.41, 5.74) is -0.552. The van der Waals surface area contributed by atoms with E-state index in [9.17, 15) is 19.2 Å². The smallest absolute Gasteiger partial charge is 0.334 e. The van der Waals surface area contributed by atoms with Gasteiger partial charge in [0.1, 0.15) is 18.5 Å². The number of rotatable bonds is 6. The monoisotopic (exact) mass is 402 g/mol. The Kier molecular flexibility index (Phi) is 6.30. The summed E-state index contributed by atoms with van der Waals surface area (Å²) >= 11 is 0. The van der Waals surface area contributed by atoms with Gasteiger partial charge in [-0.15, -0.1) is 6.58 Å². The molecule has 1 aliphatic carbocycles. The largest absolute Gasteiger partial charge is 0.458 e. The van der Waals surface area contributed by atoms with Crippen molar-refractivity contribution in [3.63, 3.8) is 0 Å². The predicted octanol–water partition coefficient (Wildman–Crippen LogP) is 2.47. The summed E-state index contributed by atoms with van der Waals surface area (Å²) in [5.74, 6) is -3.50. The van der Waals surface area contributed by atoms with Crippen LogP contribution < -0.4 is 0 Å². The van der Waals surface area contributed by atoms with E-state index >= 15 is 0 Å². The van der Waals surface area contributed by atoms with Crippen molar-refractivity contribution in [2.45, 2.75) is 46.0 Å². The van der Waals surface area contributed by atoms with Gasteiger partial charge in [-0.05, 0) is 19.4 Å². The van der Waals surface area contributed by atoms with Crippen LogP contribution in [0.25, 0.3) is 0 Å². The fraction of sp³-hybridized carbons (Fsp3) is 0.455. The standard InChI is InChI=1S/C22H26O7/c1-8-11(3)20(25)28-17-15-13(5)21(26)29-18(15)19(27-14(6)24)22(7,9-2)16(17)12(4)10-23/h8-10,15-19H,2,4-5H2,1,3,6-7H3/b11-8-/t15-,16+,17+,18+,19+,22-/m0/s1. The minimum atomic E-state index is -1.11. The van der Waals surface area contributed by atoms with Crippen LogP contribution in [0.2, 0.25) is 0 Å². The van der Waals surface area contributed by atoms with Crippen LogP contribution in [-0.2, 0) is 33.4 Å². The third-order valence-electron chi connectivity index (χ3n) is 5.81. The molecule has 7 nitrogen and oxygen atoms in total. The summed E-state index contributed by atoms with van der Waals surface area (Å²) < 4.78 is 16.7. The molecule has 29 heavy (non-hydrogen) atoms. The maximum absolute atomic E-state index is 12.6. The summed E-state index contributed by atoms with van der Waals surface area (Å²) in [7, 11) is 0. The zero-order valence-electron chi connectivity index (χ0n) is 17.1. The van der Waals surface area contributed by atoms with Crippen molar-refractivity contribution in [2.24, 2.45) is 17.3 Å². The fourth-order valence-corrected chi connectivity index (χ4v) is 4.11. The van der Waals surface area contributed by atoms with E-state index in [1.807, 2.05) is 0 Å². The number of hydrogen-bond donors (Lipinski definition) is 0. The van der Waals surface area contributed by atoms with E-state index in [1.54, 1.807) is 26.8 Å². The molecule has 1 saturated carbocycles. The van der Waals surface area contributed by atoms with Crippen LogP contribution in [0.1, 0.15) is 27.7 Å². The Labute approximate surface area is 170 Å². The molecule has 0 radical (unpaired) electrons. The van der Waals surface area contributed by atoms with E-state index in [0.717, 1.165) is 0 Å². The van der Waals surface area contributed by atoms with Gasteiger partial charge >= 0.3 is 17.9 Å². The molecule has 0 amide bonds. The molecule has 2 aliphatic rings. The van der Waals surface area contributed by atoms with E-state index in [1.165, 1.54) is 13.0 Å². The molecule has 7 heteroatoms. The number of esters is 3. The number of ether oxygens (including phenoxy) is 3. The first-order valence-electron chi connectivity index (χ1n) is 9.21. The quantitative estimate of drug-likeness (QED) is 0.221. The first-order chi connectivity index (χ1) is 13.5. The van der Waals surface area contributed by atoms with Crippen molar-refractivity contribution in [3.8, 4) is 0 Å². The Morgan fingerprint density at radius 3 is 2.34 bits per heavy atom. The fourth-order valence-electron chi connectivity index (χ4n) is 4.11. The molecule has 2 rings (SSSR count). The lowest BCUT2D eigenvalue weighted by atomic mass is 9.57. The van der Waals surface area contributed by atoms with Crippen LogP contribution in [0.15, 0.2) is 48.6 Å². The van der Waals surface area contributed by atoms with E-state index < -0.39 is 53.5 Å². The van der Waals surface area contributed by atoms with Crippen molar-refractivity contribution in [1.29, 1.82) is 0 Å². The van der Waals surface area contributed by atoms with Crippen molar-refractivity contribution in [3.05, 3.63) is 48.6 Å². The second-order valence-electron chi connectivity index (χ2n) is 7.53. The van der Waals surface area contributed by atoms with E-state index in [0.29, 0.717) is 11.9 Å². The highest BCUT2D eigenvalue weighted by molar-refractivity contribution is 5.92. The summed E-state index contributed by atoms with van der Waals surface area (Å²) in [4.78, 5) is 48.3. The van der Waals surface area contributed by atoms with Crippen LogP contribution in [0.3, 0.4) is 0 Å². The minimum absolute atomic E-state index is 0.0814. The van der Waals surface area contributed by atoms with Gasteiger partial charge in [-0.1, -0.05) is 32.2 Å². The molecule has 0 bridgehead atoms. The van der Waals surface area contributed by atoms with E-state index in [-0.39, 0.29) is 11.1 Å². The highest BCUT2D eigenvalue weighted by Gasteiger charge is 2.64. The maximum Gasteiger partial charge on any atom is 0.334 e. The predicted molar refractivity (Wildman–Crippen MR) is 104 cm³/mol. The Balaban J connectivity index is 2.69. The lowest BCUT2D eigenvalue weighted by Crippen LogP contribution is -2.61. The molecule has 1 heterocycles. The third kappa shape index (κ3) is 3.69. The molecule has 6 atom stereocenters. The van der Waals surface area contributed by atoms with Gasteiger partial charge in [-0.3, -0.25) is 9.59 Å². The number of hydrogen-bond acceptors (Lipinski definition) is 7. The van der Waals surface area contributed by atoms with E-state index in [4.69, 9.17) is 14.2 Å². The molecule has 1 aliphatic heterocycles. The third-order valence-corrected chi connectivity index (χ3v) is 5.81. The maximum atomic E-state index is 12.6. The zero-order valence-corrected chi connectivity index (χ0v) is 17.1. The topological polar surface area (TPSA) is 96.0 Å². The SMILES string of the molecule is C=C[C@]1(C)[C@H](OC(C)=O)[C@@H]2OC(=O)C(=C)[C@H]2[C@@H](OC(=O)/C(C)=C\C)[C@H]1C(=C)C=O. The average Bonchev–Trinajstić information content (AvgIpc) is 2.97. The lowest BCUT2D eigenvalue weighted by Gasteiger charge is -2.52. The first kappa shape index (κ1) is 22.3. The second kappa shape index (κ2) is 8.19. The molecule has 0 spiro atoms. The number of aldehydes is 1. The molecule has 0 N–H and O–H groups in total. The van der Waals surface area contributed by atoms with Crippen LogP contribution in [0.5, 0.6) is 0 Å². The number of allylic oxidation sites excluding steroid dienone is 1. The van der Waals surface area contributed by atoms with Gasteiger partial charge < -0.3 is 14.2 Å². The molecule has 0 unspecified atom stereocenters. The number of carbonyl (C=O) groups excluding carboxylic acids is 4. The van der Waals surface area contributed by atoms with Crippen LogP contribution in [-0.4, -0.2) is 42.5 Å². The molecular weight excluding hydrogens is 376 g/mol. The molecule has 2 fully saturated rings. The Hall–Kier alpha value is -2.96. The van der Waals surface area contributed by atoms with E-state index in [2.05, 4.69) is 19.7 Å². The van der Waals surface area contributed by atoms with Crippen molar-refractivity contribution in [2.75, 3.05) is 0 Å². The van der Waals surface area contributed by atoms with Gasteiger partial charge in [-0.25, -0.2) is 9.59 Å². The average molecular weight is 402 g/mol. The highest BCUT2D eigenvalue weighted by Crippen LogP contribution is 2.54. The van der Waals surface area contributed by atoms with Crippen LogP contribution >= 0.6 is 0 Å². The Bertz CT molecular complexity index is 821. The molecule has 0 aromatic carbocycles. The minimum Gasteiger partial charge on any atom is -0.458 e. The Morgan fingerprint density at radius 1 is 1.24 bits per heavy atom. The number of fused-ring (bicyclic) bond motifs is 1. The number of carbonyl (C=O) groups is 4. The molecular formula is C22H26O7. The van der Waals surface area contributed by atoms with Crippen molar-refractivity contribution >= 4 is 24.2 Å². The molecule has 0 aromatic rings. The molecule has 0 aromatic heterocycles. The first-order valence-corrected chi connectivity index (χ1v) is 9.21.